The third-order valence-electron chi connectivity index (χ3n) is 13.7. The summed E-state index contributed by atoms with van der Waals surface area (Å²) in [6.07, 6.45) is 0.326. The van der Waals surface area contributed by atoms with E-state index < -0.39 is 243 Å². The molecule has 0 saturated heterocycles. The molecular weight excluding hydrogens is 1650 g/mol. The van der Waals surface area contributed by atoms with Crippen molar-refractivity contribution in [2.45, 2.75) is 32.9 Å². The summed E-state index contributed by atoms with van der Waals surface area (Å²) in [6.45, 7) is -0.726. The van der Waals surface area contributed by atoms with Gasteiger partial charge in [-0.1, -0.05) is 25.1 Å². The molecule has 0 aliphatic carbocycles. The molecule has 9 aromatic rings. The highest BCUT2D eigenvalue weighted by molar-refractivity contribution is 7.91. The van der Waals surface area contributed by atoms with Crippen LogP contribution in [0.4, 0.5) is 45.5 Å². The third kappa shape index (κ3) is 22.3. The van der Waals surface area contributed by atoms with Crippen molar-refractivity contribution < 1.29 is 135 Å². The number of aryl methyl sites for hydroxylation is 1. The van der Waals surface area contributed by atoms with E-state index in [1.54, 1.807) is 25.1 Å². The maximum Gasteiger partial charge on any atom is 0.446 e. The molecule has 0 aliphatic rings. The maximum absolute atomic E-state index is 13.2. The van der Waals surface area contributed by atoms with E-state index >= 15 is 0 Å². The Balaban J connectivity index is 1.26. The van der Waals surface area contributed by atoms with E-state index in [1.165, 1.54) is 6.07 Å². The molecule has 578 valence electrons. The normalized spacial score (nSPS) is 14.1. The fourth-order valence-corrected chi connectivity index (χ4v) is 14.7. The number of aromatic amines is 5. The first-order valence-electron chi connectivity index (χ1n) is 28.7. The van der Waals surface area contributed by atoms with Gasteiger partial charge in [-0.25, -0.2) is 50.2 Å². The number of para-hydroxylation sites is 1. The highest BCUT2D eigenvalue weighted by atomic mass is 35.5. The Hall–Kier alpha value is -10.0. The number of H-pyrrole nitrogens is 5. The summed E-state index contributed by atoms with van der Waals surface area (Å²) < 4.78 is 307. The minimum absolute atomic E-state index is 0.210. The smallest absolute Gasteiger partial charge is 0.446 e. The lowest BCUT2D eigenvalue weighted by molar-refractivity contribution is 0.282. The molecule has 0 spiro atoms. The minimum Gasteiger partial charge on any atom is -0.505 e. The monoisotopic (exact) mass is 1700 g/mol. The Labute approximate surface area is 611 Å². The SMILES string of the molecule is CCc1ccccc1N=c1[nH]c(=Nc2cc(OS(=O)(=O)O)cc3cc(OS(=O)(=O)O)c(N=Nc4ccc(S(=O)(=O)CCOS(=O)(=O)O)cc4)c(O)c23)[nH]c(=Nc2cc(S(=O)(=O)O)cc3cc(S(=O)(=O)O)c(N=Nc4cc(N=c5[nH]c(Cl)nc(=NCCS(=O)(=O)CCOS(=O)(=O)O)[nH]5)ccc4S(=O)(=O)O)c(O)c23)[nH]1. The second-order valence-electron chi connectivity index (χ2n) is 21.2. The maximum atomic E-state index is 13.2. The van der Waals surface area contributed by atoms with Gasteiger partial charge in [-0.2, -0.15) is 69.0 Å². The number of rotatable bonds is 28. The average Bonchev–Trinajstić information content (AvgIpc) is 0.750. The molecule has 7 aromatic carbocycles. The topological polar surface area (TPSA) is 729 Å². The summed E-state index contributed by atoms with van der Waals surface area (Å²) in [5.41, 5.74) is -7.03. The zero-order chi connectivity index (χ0) is 79.5. The molecule has 108 heavy (non-hydrogen) atoms. The second kappa shape index (κ2) is 31.6. The highest BCUT2D eigenvalue weighted by Gasteiger charge is 2.28. The second-order valence-corrected chi connectivity index (χ2v) is 34.4. The van der Waals surface area contributed by atoms with Gasteiger partial charge in [-0.15, -0.1) is 15.3 Å². The summed E-state index contributed by atoms with van der Waals surface area (Å²) in [6, 6.07) is 16.5. The number of phenols is 2. The number of nitrogens with one attached hydrogen (secondary N) is 5. The quantitative estimate of drug-likeness (QED) is 0.0247. The highest BCUT2D eigenvalue weighted by Crippen LogP contribution is 2.50. The van der Waals surface area contributed by atoms with Crippen LogP contribution in [0.2, 0.25) is 5.28 Å². The van der Waals surface area contributed by atoms with Gasteiger partial charge in [-0.3, -0.25) is 51.8 Å². The Morgan fingerprint density at radius 3 is 1.56 bits per heavy atom. The van der Waals surface area contributed by atoms with Gasteiger partial charge >= 0.3 is 41.6 Å². The summed E-state index contributed by atoms with van der Waals surface area (Å²) in [5.74, 6) is -7.07. The summed E-state index contributed by atoms with van der Waals surface area (Å²) in [7, 11) is -45.9. The zero-order valence-electron chi connectivity index (χ0n) is 53.3. The molecule has 2 heterocycles. The number of phenolic OH excluding ortho intramolecular Hbond substituents is 2. The van der Waals surface area contributed by atoms with E-state index in [1.807, 2.05) is 0 Å². The van der Waals surface area contributed by atoms with E-state index in [0.717, 1.165) is 48.5 Å². The molecule has 2 aromatic heterocycles. The summed E-state index contributed by atoms with van der Waals surface area (Å²) >= 11 is 6.11. The van der Waals surface area contributed by atoms with Crippen molar-refractivity contribution in [2.24, 2.45) is 45.4 Å². The minimum atomic E-state index is -5.70. The van der Waals surface area contributed by atoms with Crippen molar-refractivity contribution in [1.29, 1.82) is 0 Å². The van der Waals surface area contributed by atoms with Crippen molar-refractivity contribution in [3.63, 3.8) is 0 Å². The molecule has 0 fully saturated rings. The zero-order valence-corrected chi connectivity index (χ0v) is 61.4. The number of azo groups is 2. The molecule has 0 saturated carbocycles. The van der Waals surface area contributed by atoms with Crippen molar-refractivity contribution in [3.8, 4) is 23.0 Å². The number of sulfone groups is 2. The van der Waals surface area contributed by atoms with Crippen LogP contribution in [0.5, 0.6) is 23.0 Å². The molecule has 0 amide bonds. The fourth-order valence-electron chi connectivity index (χ4n) is 9.29. The van der Waals surface area contributed by atoms with Crippen LogP contribution < -0.4 is 36.5 Å². The van der Waals surface area contributed by atoms with E-state index in [0.29, 0.717) is 42.3 Å². The lowest BCUT2D eigenvalue weighted by Crippen LogP contribution is -2.36. The van der Waals surface area contributed by atoms with Gasteiger partial charge in [0.05, 0.1) is 86.0 Å². The van der Waals surface area contributed by atoms with Crippen LogP contribution in [0.1, 0.15) is 12.5 Å². The fraction of sp³-hybridized carbons (Fsp3) is 0.154. The van der Waals surface area contributed by atoms with Crippen LogP contribution in [0.25, 0.3) is 21.5 Å². The Morgan fingerprint density at radius 2 is 0.991 bits per heavy atom. The van der Waals surface area contributed by atoms with E-state index in [2.05, 4.69) is 87.9 Å². The summed E-state index contributed by atoms with van der Waals surface area (Å²) in [5, 5.41) is 36.5. The van der Waals surface area contributed by atoms with Crippen molar-refractivity contribution in [2.75, 3.05) is 37.0 Å². The van der Waals surface area contributed by atoms with Gasteiger partial charge in [-0.05, 0) is 113 Å². The number of hydrogen-bond donors (Lipinski definition) is 14. The molecule has 0 bridgehead atoms. The standard InChI is InChI=1S/C52H48ClN15O31S9/c1-2-26-5-3-4-6-34(26)56-50-62-51(57-36-24-31(98-107(90,91)92)19-27-21-38(99-108(93,94)95)43(45(69)41(27)36)67-65-29-7-10-32(11-8-29)101(73,74)18-15-97-106(87,88)89)64-52(63-50)58-37-25-33(102(75,76)77)20-28-22-40(104(81,82)83)44(46(70)42(28)37)68-66-35-23-30(9-12-39(35)103(78,79)80)55-49-60-47(53)59-48(61-49)54-13-16-100(71,72)17-14-96-105(84,85)86/h3-12,19-25,69-70H,2,13-18H2,1H3,(H,75,76,77)(H,78,79,80)(H,81,82,83)(H,84,85,86)(H,87,88,89)(H,90,91,92)(H,93,94,95)(H2,54,55,59,60,61)(H3,56,57,58,62,63,64). The largest absolute Gasteiger partial charge is 0.505 e. The number of hydrogen-bond acceptors (Lipinski definition) is 34. The lowest BCUT2D eigenvalue weighted by Gasteiger charge is -2.13. The van der Waals surface area contributed by atoms with Gasteiger partial charge < -0.3 is 23.6 Å². The number of halogens is 1. The number of fused-ring (bicyclic) bond motifs is 2. The number of nitrogens with zero attached hydrogens (tertiary/aromatic N) is 10. The Bertz CT molecular complexity index is 6730. The van der Waals surface area contributed by atoms with Crippen molar-refractivity contribution >= 4 is 170 Å². The Kier molecular flexibility index (Phi) is 24.0. The van der Waals surface area contributed by atoms with E-state index in [4.69, 9.17) is 24.9 Å². The molecule has 14 N–H and O–H groups in total. The van der Waals surface area contributed by atoms with Crippen LogP contribution in [0.15, 0.2) is 168 Å². The van der Waals surface area contributed by atoms with Crippen LogP contribution in [-0.2, 0) is 106 Å². The number of aromatic hydroxyl groups is 2. The van der Waals surface area contributed by atoms with Crippen LogP contribution >= 0.6 is 11.6 Å². The van der Waals surface area contributed by atoms with Crippen LogP contribution in [0.3, 0.4) is 0 Å². The first kappa shape index (κ1) is 82.0. The average molecular weight is 1700 g/mol. The predicted molar refractivity (Wildman–Crippen MR) is 367 cm³/mol. The number of aromatic nitrogens is 6. The van der Waals surface area contributed by atoms with Crippen LogP contribution in [-0.4, -0.2) is 185 Å². The molecule has 9 rings (SSSR count). The van der Waals surface area contributed by atoms with Crippen LogP contribution in [0, 0.1) is 0 Å². The number of benzene rings is 7. The molecule has 0 unspecified atom stereocenters. The molecule has 0 radical (unpaired) electrons. The summed E-state index contributed by atoms with van der Waals surface area (Å²) in [4.78, 5) is 34.3. The van der Waals surface area contributed by atoms with Crippen molar-refractivity contribution in [3.05, 3.63) is 142 Å². The van der Waals surface area contributed by atoms with Gasteiger partial charge in [0.15, 0.2) is 42.6 Å². The first-order valence-corrected chi connectivity index (χ1v) is 42.4. The van der Waals surface area contributed by atoms with Gasteiger partial charge in [0.2, 0.25) is 33.4 Å². The van der Waals surface area contributed by atoms with E-state index in [-0.39, 0.29) is 28.3 Å². The van der Waals surface area contributed by atoms with Gasteiger partial charge in [0.25, 0.3) is 30.4 Å². The molecule has 0 atom stereocenters. The van der Waals surface area contributed by atoms with E-state index in [9.17, 15) is 109 Å². The first-order chi connectivity index (χ1) is 50.0. The molecule has 46 nitrogen and oxygen atoms in total. The van der Waals surface area contributed by atoms with Gasteiger partial charge in [0.1, 0.15) is 26.9 Å². The Morgan fingerprint density at radius 1 is 0.454 bits per heavy atom. The van der Waals surface area contributed by atoms with Gasteiger partial charge in [0, 0.05) is 6.07 Å². The predicted octanol–water partition coefficient (Wildman–Crippen LogP) is 3.25. The van der Waals surface area contributed by atoms with Crippen molar-refractivity contribution in [1.82, 2.24) is 29.9 Å². The molecule has 56 heteroatoms. The molecule has 0 aliphatic heterocycles. The third-order valence-corrected chi connectivity index (χ3v) is 21.5. The molecular formula is C52H48ClN15O31S9. The lowest BCUT2D eigenvalue weighted by atomic mass is 10.1.